The van der Waals surface area contributed by atoms with Crippen molar-refractivity contribution < 1.29 is 19.5 Å². The lowest BCUT2D eigenvalue weighted by Gasteiger charge is -2.20. The first-order valence-corrected chi connectivity index (χ1v) is 5.00. The topological polar surface area (TPSA) is 112 Å². The first-order chi connectivity index (χ1) is 7.43. The minimum Gasteiger partial charge on any atom is -0.477 e. The summed E-state index contributed by atoms with van der Waals surface area (Å²) in [5, 5.41) is 18.2. The van der Waals surface area contributed by atoms with Crippen LogP contribution in [-0.4, -0.2) is 28.5 Å². The third-order valence-electron chi connectivity index (χ3n) is 2.36. The van der Waals surface area contributed by atoms with Gasteiger partial charge < -0.3 is 9.94 Å². The predicted molar refractivity (Wildman–Crippen MR) is 55.0 cm³/mol. The molecule has 90 valence electrons. The second-order valence-electron chi connectivity index (χ2n) is 3.94. The standard InChI is InChI=1S/C9H15N3O4/c1-9(11-8(15)16-12-9)5-3-2-4-6(10)7(13)14/h10,12H,2-5H2,1H3,(H,11,15)(H,13,14). The van der Waals surface area contributed by atoms with Crippen molar-refractivity contribution in [2.75, 3.05) is 0 Å². The van der Waals surface area contributed by atoms with E-state index in [1.165, 1.54) is 0 Å². The van der Waals surface area contributed by atoms with Gasteiger partial charge in [0.2, 0.25) is 0 Å². The van der Waals surface area contributed by atoms with E-state index in [1.54, 1.807) is 6.92 Å². The molecular weight excluding hydrogens is 214 g/mol. The van der Waals surface area contributed by atoms with Crippen LogP contribution in [-0.2, 0) is 9.63 Å². The third kappa shape index (κ3) is 3.50. The number of hydrogen-bond donors (Lipinski definition) is 4. The molecule has 1 rings (SSSR count). The van der Waals surface area contributed by atoms with Crippen molar-refractivity contribution in [3.8, 4) is 0 Å². The van der Waals surface area contributed by atoms with Gasteiger partial charge >= 0.3 is 12.1 Å². The highest BCUT2D eigenvalue weighted by atomic mass is 16.7. The van der Waals surface area contributed by atoms with Gasteiger partial charge in [-0.15, -0.1) is 5.48 Å². The van der Waals surface area contributed by atoms with E-state index < -0.39 is 17.7 Å². The molecule has 1 unspecified atom stereocenters. The van der Waals surface area contributed by atoms with E-state index in [0.717, 1.165) is 0 Å². The number of carbonyl (C=O) groups excluding carboxylic acids is 1. The SMILES string of the molecule is CC1(CCCCC(=N)C(=O)O)NOC(=O)N1. The summed E-state index contributed by atoms with van der Waals surface area (Å²) in [5.74, 6) is -1.18. The Morgan fingerprint density at radius 3 is 2.75 bits per heavy atom. The van der Waals surface area contributed by atoms with Gasteiger partial charge in [0.1, 0.15) is 11.4 Å². The van der Waals surface area contributed by atoms with Crippen LogP contribution in [0.25, 0.3) is 0 Å². The molecule has 7 nitrogen and oxygen atoms in total. The number of hydrogen-bond acceptors (Lipinski definition) is 5. The smallest absolute Gasteiger partial charge is 0.427 e. The molecule has 0 bridgehead atoms. The van der Waals surface area contributed by atoms with E-state index in [1.807, 2.05) is 0 Å². The van der Waals surface area contributed by atoms with Gasteiger partial charge in [0.05, 0.1) is 0 Å². The molecule has 0 aromatic rings. The summed E-state index contributed by atoms with van der Waals surface area (Å²) in [6.07, 6.45) is 1.63. The fraction of sp³-hybridized carbons (Fsp3) is 0.667. The van der Waals surface area contributed by atoms with Crippen LogP contribution in [0.5, 0.6) is 0 Å². The lowest BCUT2D eigenvalue weighted by molar-refractivity contribution is -0.129. The van der Waals surface area contributed by atoms with Gasteiger partial charge in [0.25, 0.3) is 0 Å². The molecule has 1 fully saturated rings. The maximum Gasteiger partial charge on any atom is 0.427 e. The van der Waals surface area contributed by atoms with Crippen molar-refractivity contribution in [1.29, 1.82) is 5.41 Å². The van der Waals surface area contributed by atoms with Crippen molar-refractivity contribution in [3.05, 3.63) is 0 Å². The number of carboxylic acid groups (broad SMARTS) is 1. The molecule has 1 aliphatic rings. The van der Waals surface area contributed by atoms with Gasteiger partial charge in [-0.3, -0.25) is 10.7 Å². The third-order valence-corrected chi connectivity index (χ3v) is 2.36. The zero-order valence-corrected chi connectivity index (χ0v) is 9.00. The Kier molecular flexibility index (Phi) is 3.83. The first kappa shape index (κ1) is 12.4. The predicted octanol–water partition coefficient (Wildman–Crippen LogP) is 0.612. The summed E-state index contributed by atoms with van der Waals surface area (Å²) in [4.78, 5) is 25.7. The van der Waals surface area contributed by atoms with Crippen LogP contribution in [0.3, 0.4) is 0 Å². The van der Waals surface area contributed by atoms with Gasteiger partial charge in [-0.2, -0.15) is 0 Å². The largest absolute Gasteiger partial charge is 0.477 e. The molecule has 1 atom stereocenters. The number of hydroxylamine groups is 1. The second-order valence-corrected chi connectivity index (χ2v) is 3.94. The van der Waals surface area contributed by atoms with Crippen LogP contribution in [0.2, 0.25) is 0 Å². The molecular formula is C9H15N3O4. The monoisotopic (exact) mass is 229 g/mol. The summed E-state index contributed by atoms with van der Waals surface area (Å²) >= 11 is 0. The minimum absolute atomic E-state index is 0.236. The number of aliphatic carboxylic acids is 1. The normalized spacial score (nSPS) is 23.7. The van der Waals surface area contributed by atoms with Crippen molar-refractivity contribution >= 4 is 17.8 Å². The number of rotatable bonds is 6. The zero-order chi connectivity index (χ0) is 12.2. The number of carbonyl (C=O) groups is 2. The Bertz CT molecular complexity index is 318. The van der Waals surface area contributed by atoms with Gasteiger partial charge in [-0.05, 0) is 32.6 Å². The summed E-state index contributed by atoms with van der Waals surface area (Å²) in [5.41, 5.74) is 1.68. The molecule has 0 radical (unpaired) electrons. The van der Waals surface area contributed by atoms with E-state index in [4.69, 9.17) is 10.5 Å². The minimum atomic E-state index is -1.18. The fourth-order valence-corrected chi connectivity index (χ4v) is 1.44. The highest BCUT2D eigenvalue weighted by Crippen LogP contribution is 2.15. The Morgan fingerprint density at radius 2 is 2.25 bits per heavy atom. The average Bonchev–Trinajstić information content (AvgIpc) is 2.53. The highest BCUT2D eigenvalue weighted by Gasteiger charge is 2.33. The lowest BCUT2D eigenvalue weighted by atomic mass is 10.0. The maximum absolute atomic E-state index is 10.8. The number of amides is 1. The van der Waals surface area contributed by atoms with Crippen molar-refractivity contribution in [2.24, 2.45) is 0 Å². The van der Waals surface area contributed by atoms with Gasteiger partial charge in [0, 0.05) is 0 Å². The average molecular weight is 229 g/mol. The lowest BCUT2D eigenvalue weighted by Crippen LogP contribution is -2.46. The van der Waals surface area contributed by atoms with Crippen LogP contribution in [0.1, 0.15) is 32.6 Å². The second kappa shape index (κ2) is 4.93. The summed E-state index contributed by atoms with van der Waals surface area (Å²) in [7, 11) is 0. The Morgan fingerprint density at radius 1 is 1.56 bits per heavy atom. The van der Waals surface area contributed by atoms with E-state index in [-0.39, 0.29) is 12.1 Å². The highest BCUT2D eigenvalue weighted by molar-refractivity contribution is 6.34. The van der Waals surface area contributed by atoms with Crippen LogP contribution in [0.15, 0.2) is 0 Å². The number of nitrogens with one attached hydrogen (secondary N) is 3. The van der Waals surface area contributed by atoms with Crippen LogP contribution in [0, 0.1) is 5.41 Å². The molecule has 0 aromatic heterocycles. The molecule has 1 saturated heterocycles. The summed E-state index contributed by atoms with van der Waals surface area (Å²) in [6, 6.07) is 0. The first-order valence-electron chi connectivity index (χ1n) is 5.00. The van der Waals surface area contributed by atoms with Crippen LogP contribution < -0.4 is 10.8 Å². The van der Waals surface area contributed by atoms with E-state index in [0.29, 0.717) is 19.3 Å². The Balaban J connectivity index is 2.18. The molecule has 0 aliphatic carbocycles. The zero-order valence-electron chi connectivity index (χ0n) is 9.00. The molecule has 7 heteroatoms. The van der Waals surface area contributed by atoms with Gasteiger partial charge in [0.15, 0.2) is 0 Å². The quantitative estimate of drug-likeness (QED) is 0.394. The van der Waals surface area contributed by atoms with Crippen LogP contribution >= 0.6 is 0 Å². The van der Waals surface area contributed by atoms with Crippen molar-refractivity contribution in [2.45, 2.75) is 38.3 Å². The Labute approximate surface area is 92.6 Å². The molecule has 16 heavy (non-hydrogen) atoms. The van der Waals surface area contributed by atoms with E-state index >= 15 is 0 Å². The van der Waals surface area contributed by atoms with Crippen molar-refractivity contribution in [3.63, 3.8) is 0 Å². The number of carboxylic acids is 1. The molecule has 0 aromatic carbocycles. The number of unbranched alkanes of at least 4 members (excludes halogenated alkanes) is 1. The Hall–Kier alpha value is -1.63. The molecule has 1 amide bonds. The van der Waals surface area contributed by atoms with Gasteiger partial charge in [-0.1, -0.05) is 0 Å². The van der Waals surface area contributed by atoms with Gasteiger partial charge in [-0.25, -0.2) is 9.59 Å². The van der Waals surface area contributed by atoms with Crippen molar-refractivity contribution in [1.82, 2.24) is 10.8 Å². The van der Waals surface area contributed by atoms with E-state index in [9.17, 15) is 9.59 Å². The summed E-state index contributed by atoms with van der Waals surface area (Å²) < 4.78 is 0. The molecule has 1 aliphatic heterocycles. The molecule has 1 heterocycles. The molecule has 4 N–H and O–H groups in total. The summed E-state index contributed by atoms with van der Waals surface area (Å²) in [6.45, 7) is 1.78. The molecule has 0 spiro atoms. The fourth-order valence-electron chi connectivity index (χ4n) is 1.44. The van der Waals surface area contributed by atoms with E-state index in [2.05, 4.69) is 15.6 Å². The van der Waals surface area contributed by atoms with Crippen LogP contribution in [0.4, 0.5) is 4.79 Å². The maximum atomic E-state index is 10.8. The molecule has 0 saturated carbocycles.